The Hall–Kier alpha value is -1.40. The first-order valence-electron chi connectivity index (χ1n) is 5.44. The highest BCUT2D eigenvalue weighted by molar-refractivity contribution is 9.10. The normalized spacial score (nSPS) is 11.9. The van der Waals surface area contributed by atoms with Gasteiger partial charge in [0.25, 0.3) is 0 Å². The van der Waals surface area contributed by atoms with Gasteiger partial charge in [-0.3, -0.25) is 9.59 Å². The van der Waals surface area contributed by atoms with Crippen LogP contribution in [0.3, 0.4) is 0 Å². The number of hydrogen-bond donors (Lipinski definition) is 3. The molecule has 98 valence electrons. The molecule has 0 radical (unpaired) electrons. The highest BCUT2D eigenvalue weighted by atomic mass is 79.9. The van der Waals surface area contributed by atoms with Crippen molar-refractivity contribution >= 4 is 33.5 Å². The number of aliphatic carboxylic acids is 1. The first-order chi connectivity index (χ1) is 8.40. The first kappa shape index (κ1) is 14.7. The van der Waals surface area contributed by atoms with Gasteiger partial charge in [-0.25, -0.2) is 0 Å². The van der Waals surface area contributed by atoms with Crippen LogP contribution in [-0.2, 0) is 9.59 Å². The van der Waals surface area contributed by atoms with Crippen molar-refractivity contribution in [2.45, 2.75) is 25.8 Å². The number of anilines is 1. The quantitative estimate of drug-likeness (QED) is 0.773. The van der Waals surface area contributed by atoms with Crippen molar-refractivity contribution in [3.05, 3.63) is 28.2 Å². The monoisotopic (exact) mass is 314 g/mol. The maximum Gasteiger partial charge on any atom is 0.303 e. The summed E-state index contributed by atoms with van der Waals surface area (Å²) >= 11 is 3.36. The van der Waals surface area contributed by atoms with E-state index in [0.717, 1.165) is 10.0 Å². The summed E-state index contributed by atoms with van der Waals surface area (Å²) in [6.07, 6.45) is 0.000374. The summed E-state index contributed by atoms with van der Waals surface area (Å²) in [6, 6.07) is 4.59. The highest BCUT2D eigenvalue weighted by Crippen LogP contribution is 2.20. The van der Waals surface area contributed by atoms with Gasteiger partial charge < -0.3 is 16.2 Å². The van der Waals surface area contributed by atoms with E-state index in [1.807, 2.05) is 13.0 Å². The second-order valence-electron chi connectivity index (χ2n) is 3.99. The van der Waals surface area contributed by atoms with E-state index >= 15 is 0 Å². The molecular weight excluding hydrogens is 300 g/mol. The summed E-state index contributed by atoms with van der Waals surface area (Å²) < 4.78 is 0.888. The fraction of sp³-hybridized carbons (Fsp3) is 0.333. The molecule has 1 amide bonds. The number of hydrogen-bond acceptors (Lipinski definition) is 3. The number of nitrogens with two attached hydrogens (primary N) is 1. The van der Waals surface area contributed by atoms with Crippen LogP contribution in [0.4, 0.5) is 5.69 Å². The molecule has 0 aromatic heterocycles. The smallest absolute Gasteiger partial charge is 0.303 e. The predicted octanol–water partition coefficient (Wildman–Crippen LogP) is 1.89. The van der Waals surface area contributed by atoms with Crippen LogP contribution in [0.5, 0.6) is 0 Å². The third kappa shape index (κ3) is 4.46. The number of carboxylic acid groups (broad SMARTS) is 1. The molecule has 0 fully saturated rings. The molecule has 0 aliphatic rings. The van der Waals surface area contributed by atoms with E-state index in [0.29, 0.717) is 5.69 Å². The molecule has 0 aliphatic carbocycles. The number of nitrogens with one attached hydrogen (secondary N) is 1. The lowest BCUT2D eigenvalue weighted by atomic mass is 10.1. The Morgan fingerprint density at radius 3 is 2.72 bits per heavy atom. The molecule has 1 unspecified atom stereocenters. The predicted molar refractivity (Wildman–Crippen MR) is 72.4 cm³/mol. The zero-order chi connectivity index (χ0) is 13.7. The Morgan fingerprint density at radius 1 is 1.50 bits per heavy atom. The van der Waals surface area contributed by atoms with Gasteiger partial charge in [0.15, 0.2) is 0 Å². The van der Waals surface area contributed by atoms with Crippen LogP contribution in [0, 0.1) is 6.92 Å². The maximum atomic E-state index is 11.7. The van der Waals surface area contributed by atoms with Gasteiger partial charge in [0.2, 0.25) is 5.91 Å². The average Bonchev–Trinajstić information content (AvgIpc) is 2.30. The molecule has 18 heavy (non-hydrogen) atoms. The molecule has 1 aromatic carbocycles. The molecular formula is C12H15BrN2O3. The number of carboxylic acids is 1. The molecule has 1 rings (SSSR count). The first-order valence-corrected chi connectivity index (χ1v) is 6.24. The molecule has 0 aliphatic heterocycles. The molecule has 0 bridgehead atoms. The van der Waals surface area contributed by atoms with Gasteiger partial charge in [-0.15, -0.1) is 0 Å². The van der Waals surface area contributed by atoms with Crippen LogP contribution in [0.1, 0.15) is 18.4 Å². The van der Waals surface area contributed by atoms with E-state index in [2.05, 4.69) is 21.2 Å². The topological polar surface area (TPSA) is 92.4 Å². The van der Waals surface area contributed by atoms with Gasteiger partial charge in [0.1, 0.15) is 0 Å². The van der Waals surface area contributed by atoms with Crippen LogP contribution < -0.4 is 11.1 Å². The van der Waals surface area contributed by atoms with E-state index in [1.54, 1.807) is 12.1 Å². The summed E-state index contributed by atoms with van der Waals surface area (Å²) in [6.45, 7) is 1.94. The van der Waals surface area contributed by atoms with Gasteiger partial charge in [0.05, 0.1) is 6.04 Å². The lowest BCUT2D eigenvalue weighted by Crippen LogP contribution is -2.36. The minimum Gasteiger partial charge on any atom is -0.481 e. The van der Waals surface area contributed by atoms with Crippen molar-refractivity contribution in [3.63, 3.8) is 0 Å². The number of aryl methyl sites for hydroxylation is 1. The van der Waals surface area contributed by atoms with Gasteiger partial charge in [-0.1, -0.05) is 22.0 Å². The standard InChI is InChI=1S/C12H15BrN2O3/c1-7-2-3-8(6-9(7)13)15-12(18)10(14)4-5-11(16)17/h2-3,6,10H,4-5,14H2,1H3,(H,15,18)(H,16,17). The lowest BCUT2D eigenvalue weighted by molar-refractivity contribution is -0.137. The van der Waals surface area contributed by atoms with Crippen molar-refractivity contribution in [1.82, 2.24) is 0 Å². The Balaban J connectivity index is 2.58. The minimum absolute atomic E-state index is 0.119. The van der Waals surface area contributed by atoms with Crippen LogP contribution in [0.2, 0.25) is 0 Å². The van der Waals surface area contributed by atoms with E-state index in [-0.39, 0.29) is 18.7 Å². The fourth-order valence-electron chi connectivity index (χ4n) is 1.32. The Bertz CT molecular complexity index is 463. The number of halogens is 1. The molecule has 1 atom stereocenters. The van der Waals surface area contributed by atoms with E-state index in [4.69, 9.17) is 10.8 Å². The second-order valence-corrected chi connectivity index (χ2v) is 4.85. The van der Waals surface area contributed by atoms with Crippen molar-refractivity contribution in [2.24, 2.45) is 5.73 Å². The Morgan fingerprint density at radius 2 is 2.17 bits per heavy atom. The number of benzene rings is 1. The van der Waals surface area contributed by atoms with Crippen molar-refractivity contribution < 1.29 is 14.7 Å². The Kier molecular flexibility index (Phi) is 5.30. The summed E-state index contributed by atoms with van der Waals surface area (Å²) in [5.41, 5.74) is 7.28. The Labute approximate surface area is 113 Å². The third-order valence-corrected chi connectivity index (χ3v) is 3.30. The van der Waals surface area contributed by atoms with Crippen LogP contribution in [-0.4, -0.2) is 23.0 Å². The second kappa shape index (κ2) is 6.51. The van der Waals surface area contributed by atoms with Crippen molar-refractivity contribution in [1.29, 1.82) is 0 Å². The number of rotatable bonds is 5. The number of carbonyl (C=O) groups is 2. The number of amides is 1. The van der Waals surface area contributed by atoms with Crippen LogP contribution in [0.15, 0.2) is 22.7 Å². The largest absolute Gasteiger partial charge is 0.481 e. The molecule has 0 heterocycles. The zero-order valence-electron chi connectivity index (χ0n) is 9.94. The molecule has 0 saturated carbocycles. The SMILES string of the molecule is Cc1ccc(NC(=O)C(N)CCC(=O)O)cc1Br. The van der Waals surface area contributed by atoms with Crippen LogP contribution >= 0.6 is 15.9 Å². The molecule has 5 nitrogen and oxygen atoms in total. The minimum atomic E-state index is -0.962. The molecule has 4 N–H and O–H groups in total. The van der Waals surface area contributed by atoms with Crippen LogP contribution in [0.25, 0.3) is 0 Å². The summed E-state index contributed by atoms with van der Waals surface area (Å²) in [4.78, 5) is 22.1. The zero-order valence-corrected chi connectivity index (χ0v) is 11.5. The van der Waals surface area contributed by atoms with Gasteiger partial charge in [0, 0.05) is 16.6 Å². The summed E-state index contributed by atoms with van der Waals surface area (Å²) in [7, 11) is 0. The molecule has 1 aromatic rings. The van der Waals surface area contributed by atoms with Gasteiger partial charge in [-0.05, 0) is 31.0 Å². The molecule has 0 spiro atoms. The fourth-order valence-corrected chi connectivity index (χ4v) is 1.69. The lowest BCUT2D eigenvalue weighted by Gasteiger charge is -2.11. The molecule has 6 heteroatoms. The van der Waals surface area contributed by atoms with Gasteiger partial charge in [-0.2, -0.15) is 0 Å². The van der Waals surface area contributed by atoms with E-state index in [1.165, 1.54) is 0 Å². The molecule has 0 saturated heterocycles. The third-order valence-electron chi connectivity index (χ3n) is 2.45. The van der Waals surface area contributed by atoms with Gasteiger partial charge >= 0.3 is 5.97 Å². The highest BCUT2D eigenvalue weighted by Gasteiger charge is 2.15. The summed E-state index contributed by atoms with van der Waals surface area (Å²) in [5.74, 6) is -1.34. The number of carbonyl (C=O) groups excluding carboxylic acids is 1. The van der Waals surface area contributed by atoms with Crippen molar-refractivity contribution in [2.75, 3.05) is 5.32 Å². The van der Waals surface area contributed by atoms with E-state index in [9.17, 15) is 9.59 Å². The summed E-state index contributed by atoms with van der Waals surface area (Å²) in [5, 5.41) is 11.2. The maximum absolute atomic E-state index is 11.7. The van der Waals surface area contributed by atoms with E-state index < -0.39 is 12.0 Å². The average molecular weight is 315 g/mol. The van der Waals surface area contributed by atoms with Crippen molar-refractivity contribution in [3.8, 4) is 0 Å².